The van der Waals surface area contributed by atoms with E-state index in [1.807, 2.05) is 6.20 Å². The number of nitrogens with one attached hydrogen (secondary N) is 1. The fourth-order valence-corrected chi connectivity index (χ4v) is 2.91. The summed E-state index contributed by atoms with van der Waals surface area (Å²) in [6.45, 7) is 0. The summed E-state index contributed by atoms with van der Waals surface area (Å²) in [5.74, 6) is -0.167. The van der Waals surface area contributed by atoms with Crippen molar-refractivity contribution in [3.05, 3.63) is 47.8 Å². The molecule has 0 bridgehead atoms. The molecule has 1 amide bonds. The van der Waals surface area contributed by atoms with E-state index in [-0.39, 0.29) is 18.0 Å². The molecule has 20 heavy (non-hydrogen) atoms. The molecule has 0 radical (unpaired) electrons. The molecular weight excluding hydrogens is 276 g/mol. The number of hydrogen-bond acceptors (Lipinski definition) is 3. The van der Waals surface area contributed by atoms with Crippen molar-refractivity contribution in [2.24, 2.45) is 0 Å². The lowest BCUT2D eigenvalue weighted by Crippen LogP contribution is -2.38. The smallest absolute Gasteiger partial charge is 0.254 e. The van der Waals surface area contributed by atoms with Crippen molar-refractivity contribution >= 4 is 17.5 Å². The normalized spacial score (nSPS) is 21.9. The largest absolute Gasteiger partial charge is 0.347 e. The average molecular weight is 291 g/mol. The van der Waals surface area contributed by atoms with Crippen molar-refractivity contribution in [1.29, 1.82) is 0 Å². The Morgan fingerprint density at radius 2 is 2.25 bits per heavy atom. The third kappa shape index (κ3) is 2.54. The number of hydrogen-bond donors (Lipinski definition) is 1. The Kier molecular flexibility index (Phi) is 3.69. The maximum absolute atomic E-state index is 12.3. The van der Waals surface area contributed by atoms with Crippen LogP contribution in [0.5, 0.6) is 0 Å². The van der Waals surface area contributed by atoms with Crippen molar-refractivity contribution in [3.8, 4) is 0 Å². The van der Waals surface area contributed by atoms with Crippen LogP contribution in [0.4, 0.5) is 0 Å². The lowest BCUT2D eigenvalue weighted by molar-refractivity contribution is 0.0928. The van der Waals surface area contributed by atoms with Crippen LogP contribution in [0.1, 0.15) is 35.7 Å². The van der Waals surface area contributed by atoms with Crippen LogP contribution in [0.3, 0.4) is 0 Å². The van der Waals surface area contributed by atoms with Gasteiger partial charge in [0, 0.05) is 30.8 Å². The van der Waals surface area contributed by atoms with E-state index in [1.54, 1.807) is 24.8 Å². The van der Waals surface area contributed by atoms with Gasteiger partial charge in [-0.1, -0.05) is 11.6 Å². The third-order valence-electron chi connectivity index (χ3n) is 3.72. The minimum Gasteiger partial charge on any atom is -0.347 e. The number of rotatable bonds is 3. The van der Waals surface area contributed by atoms with Crippen molar-refractivity contribution in [2.45, 2.75) is 31.3 Å². The Morgan fingerprint density at radius 1 is 1.35 bits per heavy atom. The van der Waals surface area contributed by atoms with Gasteiger partial charge in [-0.05, 0) is 25.3 Å². The summed E-state index contributed by atoms with van der Waals surface area (Å²) >= 11 is 6.02. The van der Waals surface area contributed by atoms with Gasteiger partial charge in [0.15, 0.2) is 0 Å². The first-order valence-corrected chi connectivity index (χ1v) is 7.01. The second kappa shape index (κ2) is 5.63. The predicted octanol–water partition coefficient (Wildman–Crippen LogP) is 2.46. The molecule has 0 spiro atoms. The molecule has 0 saturated heterocycles. The SMILES string of the molecule is O=C(NC1CCCC1n1ccnc1)c1cnccc1Cl. The van der Waals surface area contributed by atoms with Crippen LogP contribution in [0.25, 0.3) is 0 Å². The number of pyridine rings is 1. The van der Waals surface area contributed by atoms with Crippen molar-refractivity contribution in [2.75, 3.05) is 0 Å². The third-order valence-corrected chi connectivity index (χ3v) is 4.05. The molecule has 0 aliphatic heterocycles. The number of halogens is 1. The lowest BCUT2D eigenvalue weighted by atomic mass is 10.1. The van der Waals surface area contributed by atoms with Gasteiger partial charge in [0.25, 0.3) is 5.91 Å². The van der Waals surface area contributed by atoms with Gasteiger partial charge in [-0.3, -0.25) is 9.78 Å². The maximum atomic E-state index is 12.3. The van der Waals surface area contributed by atoms with Gasteiger partial charge < -0.3 is 9.88 Å². The first-order valence-electron chi connectivity index (χ1n) is 6.63. The Bertz CT molecular complexity index is 599. The number of carbonyl (C=O) groups excluding carboxylic acids is 1. The van der Waals surface area contributed by atoms with E-state index < -0.39 is 0 Å². The zero-order valence-corrected chi connectivity index (χ0v) is 11.6. The van der Waals surface area contributed by atoms with E-state index in [1.165, 1.54) is 6.20 Å². The molecular formula is C14H15ClN4O. The van der Waals surface area contributed by atoms with E-state index >= 15 is 0 Å². The first kappa shape index (κ1) is 13.1. The van der Waals surface area contributed by atoms with Crippen LogP contribution in [-0.4, -0.2) is 26.5 Å². The van der Waals surface area contributed by atoms with Crippen LogP contribution >= 0.6 is 11.6 Å². The van der Waals surface area contributed by atoms with Gasteiger partial charge in [-0.25, -0.2) is 4.98 Å². The zero-order valence-electron chi connectivity index (χ0n) is 10.9. The molecule has 1 saturated carbocycles. The molecule has 2 unspecified atom stereocenters. The molecule has 104 valence electrons. The van der Waals surface area contributed by atoms with E-state index in [2.05, 4.69) is 19.9 Å². The van der Waals surface area contributed by atoms with Crippen LogP contribution in [0.15, 0.2) is 37.2 Å². The van der Waals surface area contributed by atoms with Crippen molar-refractivity contribution in [1.82, 2.24) is 19.9 Å². The van der Waals surface area contributed by atoms with Crippen molar-refractivity contribution in [3.63, 3.8) is 0 Å². The summed E-state index contributed by atoms with van der Waals surface area (Å²) in [4.78, 5) is 20.3. The predicted molar refractivity (Wildman–Crippen MR) is 75.6 cm³/mol. The molecule has 3 rings (SSSR count). The summed E-state index contributed by atoms with van der Waals surface area (Å²) in [5, 5.41) is 3.49. The first-order chi connectivity index (χ1) is 9.75. The molecule has 6 heteroatoms. The van der Waals surface area contributed by atoms with E-state index in [4.69, 9.17) is 11.6 Å². The monoisotopic (exact) mass is 290 g/mol. The molecule has 5 nitrogen and oxygen atoms in total. The van der Waals surface area contributed by atoms with Gasteiger partial charge in [-0.15, -0.1) is 0 Å². The van der Waals surface area contributed by atoms with Crippen LogP contribution < -0.4 is 5.32 Å². The second-order valence-corrected chi connectivity index (χ2v) is 5.35. The average Bonchev–Trinajstić information content (AvgIpc) is 3.09. The minimum atomic E-state index is -0.167. The van der Waals surface area contributed by atoms with E-state index in [9.17, 15) is 4.79 Å². The van der Waals surface area contributed by atoms with Gasteiger partial charge in [0.05, 0.1) is 23.0 Å². The number of nitrogens with zero attached hydrogens (tertiary/aromatic N) is 3. The lowest BCUT2D eigenvalue weighted by Gasteiger charge is -2.22. The molecule has 0 aromatic carbocycles. The summed E-state index contributed by atoms with van der Waals surface area (Å²) in [7, 11) is 0. The molecule has 2 aromatic rings. The number of imidazole rings is 1. The topological polar surface area (TPSA) is 59.8 Å². The Balaban J connectivity index is 1.74. The quantitative estimate of drug-likeness (QED) is 0.944. The maximum Gasteiger partial charge on any atom is 0.254 e. The number of amides is 1. The van der Waals surface area contributed by atoms with Crippen LogP contribution in [0, 0.1) is 0 Å². The Labute approximate surface area is 122 Å². The second-order valence-electron chi connectivity index (χ2n) is 4.94. The van der Waals surface area contributed by atoms with Gasteiger partial charge in [0.2, 0.25) is 0 Å². The molecule has 1 fully saturated rings. The molecule has 1 N–H and O–H groups in total. The van der Waals surface area contributed by atoms with E-state index in [0.717, 1.165) is 19.3 Å². The Morgan fingerprint density at radius 3 is 3.00 bits per heavy atom. The minimum absolute atomic E-state index is 0.105. The highest BCUT2D eigenvalue weighted by molar-refractivity contribution is 6.33. The zero-order chi connectivity index (χ0) is 13.9. The highest BCUT2D eigenvalue weighted by Gasteiger charge is 2.30. The molecule has 2 heterocycles. The van der Waals surface area contributed by atoms with Gasteiger partial charge >= 0.3 is 0 Å². The standard InChI is InChI=1S/C14H15ClN4O/c15-11-4-5-16-8-10(11)14(20)18-12-2-1-3-13(12)19-7-6-17-9-19/h4-9,12-13H,1-3H2,(H,18,20). The molecule has 2 atom stereocenters. The Hall–Kier alpha value is -1.88. The number of carbonyl (C=O) groups is 1. The fraction of sp³-hybridized carbons (Fsp3) is 0.357. The van der Waals surface area contributed by atoms with Crippen LogP contribution in [0.2, 0.25) is 5.02 Å². The fourth-order valence-electron chi connectivity index (χ4n) is 2.72. The van der Waals surface area contributed by atoms with E-state index in [0.29, 0.717) is 10.6 Å². The molecule has 2 aromatic heterocycles. The van der Waals surface area contributed by atoms with Gasteiger partial charge in [0.1, 0.15) is 0 Å². The highest BCUT2D eigenvalue weighted by Crippen LogP contribution is 2.30. The molecule has 1 aliphatic rings. The van der Waals surface area contributed by atoms with Gasteiger partial charge in [-0.2, -0.15) is 0 Å². The van der Waals surface area contributed by atoms with Crippen molar-refractivity contribution < 1.29 is 4.79 Å². The summed E-state index contributed by atoms with van der Waals surface area (Å²) < 4.78 is 2.06. The highest BCUT2D eigenvalue weighted by atomic mass is 35.5. The number of aromatic nitrogens is 3. The summed E-state index contributed by atoms with van der Waals surface area (Å²) in [6.07, 6.45) is 11.7. The summed E-state index contributed by atoms with van der Waals surface area (Å²) in [6, 6.07) is 1.99. The van der Waals surface area contributed by atoms with Crippen LogP contribution in [-0.2, 0) is 0 Å². The molecule has 1 aliphatic carbocycles. The summed E-state index contributed by atoms with van der Waals surface area (Å²) in [5.41, 5.74) is 0.422.